The lowest BCUT2D eigenvalue weighted by atomic mass is 10.1. The minimum absolute atomic E-state index is 0.0425. The minimum Gasteiger partial charge on any atom is -0.384 e. The van der Waals surface area contributed by atoms with Gasteiger partial charge in [-0.3, -0.25) is 9.36 Å². The molecule has 4 heteroatoms. The predicted octanol–water partition coefficient (Wildman–Crippen LogP) is 1.25. The first-order valence-electron chi connectivity index (χ1n) is 6.34. The fourth-order valence-corrected chi connectivity index (χ4v) is 1.97. The topological polar surface area (TPSA) is 55.1 Å². The molecular weight excluding hydrogens is 252 g/mol. The summed E-state index contributed by atoms with van der Waals surface area (Å²) in [6.45, 7) is 3.99. The van der Waals surface area contributed by atoms with Gasteiger partial charge in [0, 0.05) is 17.3 Å². The van der Waals surface area contributed by atoms with Crippen LogP contribution in [0.15, 0.2) is 35.1 Å². The summed E-state index contributed by atoms with van der Waals surface area (Å²) >= 11 is 0. The predicted molar refractivity (Wildman–Crippen MR) is 77.5 cm³/mol. The van der Waals surface area contributed by atoms with Crippen LogP contribution < -0.4 is 5.56 Å². The Kier molecular flexibility index (Phi) is 4.34. The van der Waals surface area contributed by atoms with E-state index >= 15 is 0 Å². The molecule has 0 aliphatic rings. The average molecular weight is 268 g/mol. The van der Waals surface area contributed by atoms with Gasteiger partial charge in [-0.25, -0.2) is 4.98 Å². The molecule has 0 bridgehead atoms. The summed E-state index contributed by atoms with van der Waals surface area (Å²) in [4.78, 5) is 16.2. The summed E-state index contributed by atoms with van der Waals surface area (Å²) in [5.41, 5.74) is 2.54. The second-order valence-corrected chi connectivity index (χ2v) is 4.53. The van der Waals surface area contributed by atoms with Crippen molar-refractivity contribution in [1.29, 1.82) is 0 Å². The highest BCUT2D eigenvalue weighted by atomic mass is 16.2. The van der Waals surface area contributed by atoms with Crippen molar-refractivity contribution in [2.75, 3.05) is 6.61 Å². The molecule has 0 unspecified atom stereocenters. The Morgan fingerprint density at radius 3 is 2.55 bits per heavy atom. The summed E-state index contributed by atoms with van der Waals surface area (Å²) in [5, 5.41) is 8.64. The number of aliphatic hydroxyl groups excluding tert-OH is 1. The average Bonchev–Trinajstić information content (AvgIpc) is 2.42. The number of aromatic nitrogens is 2. The van der Waals surface area contributed by atoms with Gasteiger partial charge in [-0.2, -0.15) is 0 Å². The zero-order chi connectivity index (χ0) is 14.5. The van der Waals surface area contributed by atoms with Gasteiger partial charge in [0.05, 0.1) is 6.54 Å². The number of benzene rings is 1. The first-order valence-corrected chi connectivity index (χ1v) is 6.34. The molecule has 102 valence electrons. The third-order valence-electron chi connectivity index (χ3n) is 2.93. The van der Waals surface area contributed by atoms with Gasteiger partial charge >= 0.3 is 0 Å². The molecule has 1 aromatic heterocycles. The molecule has 1 N–H and O–H groups in total. The Balaban J connectivity index is 2.25. The molecule has 20 heavy (non-hydrogen) atoms. The van der Waals surface area contributed by atoms with E-state index in [-0.39, 0.29) is 12.2 Å². The van der Waals surface area contributed by atoms with Gasteiger partial charge in [0.15, 0.2) is 0 Å². The van der Waals surface area contributed by atoms with Gasteiger partial charge in [-0.1, -0.05) is 24.0 Å². The molecule has 1 aromatic carbocycles. The van der Waals surface area contributed by atoms with Crippen molar-refractivity contribution in [3.8, 4) is 11.8 Å². The molecule has 4 nitrogen and oxygen atoms in total. The maximum atomic E-state index is 11.9. The Morgan fingerprint density at radius 2 is 1.95 bits per heavy atom. The molecule has 0 aliphatic carbocycles. The van der Waals surface area contributed by atoms with Gasteiger partial charge in [-0.15, -0.1) is 0 Å². The van der Waals surface area contributed by atoms with Gasteiger partial charge in [0.1, 0.15) is 12.4 Å². The van der Waals surface area contributed by atoms with Gasteiger partial charge in [-0.05, 0) is 31.5 Å². The van der Waals surface area contributed by atoms with E-state index in [1.165, 1.54) is 6.07 Å². The zero-order valence-electron chi connectivity index (χ0n) is 11.6. The maximum absolute atomic E-state index is 11.9. The number of rotatable bonds is 2. The first-order chi connectivity index (χ1) is 9.60. The number of nitrogens with zero attached hydrogens (tertiary/aromatic N) is 2. The molecule has 0 amide bonds. The molecule has 0 radical (unpaired) electrons. The van der Waals surface area contributed by atoms with Crippen LogP contribution in [0.1, 0.15) is 22.6 Å². The van der Waals surface area contributed by atoms with Crippen LogP contribution in [0.5, 0.6) is 0 Å². The lowest BCUT2D eigenvalue weighted by Gasteiger charge is -2.09. The maximum Gasteiger partial charge on any atom is 0.254 e. The normalized spacial score (nSPS) is 9.95. The molecular formula is C16H16N2O2. The number of aryl methyl sites for hydroxylation is 2. The van der Waals surface area contributed by atoms with E-state index in [0.717, 1.165) is 16.8 Å². The summed E-state index contributed by atoms with van der Waals surface area (Å²) in [6, 6.07) is 9.13. The zero-order valence-corrected chi connectivity index (χ0v) is 11.6. The van der Waals surface area contributed by atoms with E-state index in [2.05, 4.69) is 16.8 Å². The van der Waals surface area contributed by atoms with Crippen molar-refractivity contribution in [3.63, 3.8) is 0 Å². The molecule has 0 saturated heterocycles. The quantitative estimate of drug-likeness (QED) is 0.834. The third-order valence-corrected chi connectivity index (χ3v) is 2.93. The van der Waals surface area contributed by atoms with Crippen molar-refractivity contribution in [3.05, 3.63) is 63.3 Å². The molecule has 0 aliphatic heterocycles. The Labute approximate surface area is 117 Å². The van der Waals surface area contributed by atoms with E-state index in [1.54, 1.807) is 4.57 Å². The van der Waals surface area contributed by atoms with Crippen LogP contribution >= 0.6 is 0 Å². The monoisotopic (exact) mass is 268 g/mol. The Morgan fingerprint density at radius 1 is 1.25 bits per heavy atom. The van der Waals surface area contributed by atoms with Gasteiger partial charge in [0.25, 0.3) is 5.56 Å². The molecule has 2 rings (SSSR count). The van der Waals surface area contributed by atoms with Crippen molar-refractivity contribution in [2.24, 2.45) is 0 Å². The highest BCUT2D eigenvalue weighted by Crippen LogP contribution is 2.06. The van der Waals surface area contributed by atoms with Crippen molar-refractivity contribution >= 4 is 0 Å². The fourth-order valence-electron chi connectivity index (χ4n) is 1.97. The molecule has 1 heterocycles. The number of hydrogen-bond donors (Lipinski definition) is 1. The van der Waals surface area contributed by atoms with E-state index < -0.39 is 0 Å². The highest BCUT2D eigenvalue weighted by molar-refractivity contribution is 5.36. The van der Waals surface area contributed by atoms with E-state index in [4.69, 9.17) is 5.11 Å². The van der Waals surface area contributed by atoms with Crippen LogP contribution in [-0.2, 0) is 6.54 Å². The van der Waals surface area contributed by atoms with E-state index in [9.17, 15) is 4.79 Å². The SMILES string of the molecule is Cc1cc(=O)n(Cc2ccc(C#CCO)cc2)c(C)n1. The second-order valence-electron chi connectivity index (χ2n) is 4.53. The van der Waals surface area contributed by atoms with Crippen LogP contribution in [0.2, 0.25) is 0 Å². The summed E-state index contributed by atoms with van der Waals surface area (Å²) < 4.78 is 1.64. The standard InChI is InChI=1S/C16H16N2O2/c1-12-10-16(20)18(13(2)17-12)11-15-7-5-14(6-8-15)4-3-9-19/h5-8,10,19H,9,11H2,1-2H3. The smallest absolute Gasteiger partial charge is 0.254 e. The van der Waals surface area contributed by atoms with Gasteiger partial charge in [0.2, 0.25) is 0 Å². The van der Waals surface area contributed by atoms with Crippen LogP contribution in [0.4, 0.5) is 0 Å². The summed E-state index contributed by atoms with van der Waals surface area (Å²) in [7, 11) is 0. The second kappa shape index (κ2) is 6.18. The highest BCUT2D eigenvalue weighted by Gasteiger charge is 2.03. The lowest BCUT2D eigenvalue weighted by molar-refractivity contribution is 0.350. The van der Waals surface area contributed by atoms with Gasteiger partial charge < -0.3 is 5.11 Å². The van der Waals surface area contributed by atoms with Crippen LogP contribution in [0.25, 0.3) is 0 Å². The number of hydrogen-bond acceptors (Lipinski definition) is 3. The summed E-state index contributed by atoms with van der Waals surface area (Å²) in [5.74, 6) is 6.14. The van der Waals surface area contributed by atoms with E-state index in [1.807, 2.05) is 38.1 Å². The third kappa shape index (κ3) is 3.34. The largest absolute Gasteiger partial charge is 0.384 e. The van der Waals surface area contributed by atoms with Crippen LogP contribution in [-0.4, -0.2) is 21.3 Å². The van der Waals surface area contributed by atoms with Crippen molar-refractivity contribution in [2.45, 2.75) is 20.4 Å². The molecule has 0 fully saturated rings. The Hall–Kier alpha value is -2.38. The Bertz CT molecular complexity index is 719. The molecule has 0 spiro atoms. The molecule has 0 atom stereocenters. The van der Waals surface area contributed by atoms with Crippen LogP contribution in [0.3, 0.4) is 0 Å². The molecule has 0 saturated carbocycles. The van der Waals surface area contributed by atoms with Crippen molar-refractivity contribution < 1.29 is 5.11 Å². The fraction of sp³-hybridized carbons (Fsp3) is 0.250. The first kappa shape index (κ1) is 14.0. The van der Waals surface area contributed by atoms with Crippen molar-refractivity contribution in [1.82, 2.24) is 9.55 Å². The van der Waals surface area contributed by atoms with Crippen LogP contribution in [0, 0.1) is 25.7 Å². The molecule has 2 aromatic rings. The lowest BCUT2D eigenvalue weighted by Crippen LogP contribution is -2.24. The van der Waals surface area contributed by atoms with E-state index in [0.29, 0.717) is 12.4 Å². The minimum atomic E-state index is -0.147. The number of aliphatic hydroxyl groups is 1. The summed E-state index contributed by atoms with van der Waals surface area (Å²) in [6.07, 6.45) is 0.